The molecule has 3 rings (SSSR count). The monoisotopic (exact) mass is 386 g/mol. The maximum absolute atomic E-state index is 12.4. The highest BCUT2D eigenvalue weighted by atomic mass is 16.4. The first kappa shape index (κ1) is 19.6. The molecule has 144 valence electrons. The number of carboxylic acid groups (broad SMARTS) is 1. The van der Waals surface area contributed by atoms with Crippen molar-refractivity contribution in [3.8, 4) is 17.4 Å². The molecule has 0 unspecified atom stereocenters. The van der Waals surface area contributed by atoms with Crippen molar-refractivity contribution in [2.75, 3.05) is 5.32 Å². The van der Waals surface area contributed by atoms with E-state index in [0.717, 1.165) is 11.1 Å². The fraction of sp³-hybridized carbons (Fsp3) is 0.0870. The van der Waals surface area contributed by atoms with Crippen LogP contribution in [0.15, 0.2) is 64.6 Å². The Balaban J connectivity index is 1.86. The second kappa shape index (κ2) is 8.28. The molecule has 0 aliphatic rings. The number of nitrogens with one attached hydrogen (secondary N) is 1. The molecular weight excluding hydrogens is 368 g/mol. The van der Waals surface area contributed by atoms with Gasteiger partial charge < -0.3 is 14.8 Å². The number of nitriles is 1. The van der Waals surface area contributed by atoms with Crippen LogP contribution in [0.5, 0.6) is 0 Å². The minimum absolute atomic E-state index is 0.108. The van der Waals surface area contributed by atoms with Gasteiger partial charge in [0.25, 0.3) is 5.91 Å². The quantitative estimate of drug-likeness (QED) is 0.484. The highest BCUT2D eigenvalue weighted by Crippen LogP contribution is 2.27. The lowest BCUT2D eigenvalue weighted by atomic mass is 10.0. The molecule has 0 bridgehead atoms. The summed E-state index contributed by atoms with van der Waals surface area (Å²) < 4.78 is 5.74. The van der Waals surface area contributed by atoms with E-state index in [1.54, 1.807) is 30.3 Å². The van der Waals surface area contributed by atoms with E-state index in [1.165, 1.54) is 18.2 Å². The zero-order valence-electron chi connectivity index (χ0n) is 15.9. The number of hydrogen-bond acceptors (Lipinski definition) is 4. The summed E-state index contributed by atoms with van der Waals surface area (Å²) in [5, 5.41) is 21.2. The molecule has 0 aliphatic heterocycles. The van der Waals surface area contributed by atoms with Gasteiger partial charge in [-0.15, -0.1) is 0 Å². The number of amides is 1. The Bertz CT molecular complexity index is 1170. The fourth-order valence-corrected chi connectivity index (χ4v) is 2.81. The summed E-state index contributed by atoms with van der Waals surface area (Å²) in [4.78, 5) is 23.6. The number of nitrogens with zero attached hydrogens (tertiary/aromatic N) is 1. The van der Waals surface area contributed by atoms with Crippen molar-refractivity contribution >= 4 is 23.6 Å². The summed E-state index contributed by atoms with van der Waals surface area (Å²) in [6.07, 6.45) is 1.35. The molecule has 3 aromatic rings. The summed E-state index contributed by atoms with van der Waals surface area (Å²) >= 11 is 0. The number of carbonyl (C=O) groups is 2. The van der Waals surface area contributed by atoms with Gasteiger partial charge >= 0.3 is 5.97 Å². The minimum Gasteiger partial charge on any atom is -0.478 e. The van der Waals surface area contributed by atoms with Gasteiger partial charge in [0.15, 0.2) is 0 Å². The maximum atomic E-state index is 12.4. The molecule has 2 aromatic carbocycles. The first-order chi connectivity index (χ1) is 13.9. The number of rotatable bonds is 5. The van der Waals surface area contributed by atoms with Crippen LogP contribution in [0.2, 0.25) is 0 Å². The second-order valence-electron chi connectivity index (χ2n) is 6.53. The highest BCUT2D eigenvalue weighted by molar-refractivity contribution is 6.09. The molecule has 29 heavy (non-hydrogen) atoms. The molecule has 0 saturated carbocycles. The predicted octanol–water partition coefficient (Wildman–Crippen LogP) is 4.81. The molecular formula is C23H18N2O4. The zero-order chi connectivity index (χ0) is 21.0. The fourth-order valence-electron chi connectivity index (χ4n) is 2.81. The average molecular weight is 386 g/mol. The molecule has 6 nitrogen and oxygen atoms in total. The molecule has 2 N–H and O–H groups in total. The van der Waals surface area contributed by atoms with E-state index in [9.17, 15) is 20.0 Å². The van der Waals surface area contributed by atoms with E-state index in [0.29, 0.717) is 22.8 Å². The topological polar surface area (TPSA) is 103 Å². The summed E-state index contributed by atoms with van der Waals surface area (Å²) in [6.45, 7) is 3.75. The van der Waals surface area contributed by atoms with Crippen LogP contribution < -0.4 is 5.32 Å². The molecule has 0 fully saturated rings. The Morgan fingerprint density at radius 1 is 1.10 bits per heavy atom. The molecule has 1 heterocycles. The third kappa shape index (κ3) is 4.60. The van der Waals surface area contributed by atoms with Crippen molar-refractivity contribution in [3.63, 3.8) is 0 Å². The van der Waals surface area contributed by atoms with Crippen molar-refractivity contribution in [1.82, 2.24) is 0 Å². The summed E-state index contributed by atoms with van der Waals surface area (Å²) in [6, 6.07) is 17.2. The van der Waals surface area contributed by atoms with Crippen LogP contribution >= 0.6 is 0 Å². The number of aryl methyl sites for hydroxylation is 2. The summed E-state index contributed by atoms with van der Waals surface area (Å²) in [5.74, 6) is -0.804. The number of aromatic carboxylic acids is 1. The zero-order valence-corrected chi connectivity index (χ0v) is 15.9. The third-order valence-corrected chi connectivity index (χ3v) is 4.30. The van der Waals surface area contributed by atoms with E-state index < -0.39 is 11.9 Å². The Morgan fingerprint density at radius 3 is 2.59 bits per heavy atom. The second-order valence-corrected chi connectivity index (χ2v) is 6.53. The van der Waals surface area contributed by atoms with Crippen molar-refractivity contribution in [2.24, 2.45) is 0 Å². The van der Waals surface area contributed by atoms with Crippen LogP contribution in [0.3, 0.4) is 0 Å². The van der Waals surface area contributed by atoms with E-state index >= 15 is 0 Å². The molecule has 6 heteroatoms. The Hall–Kier alpha value is -4.11. The number of carbonyl (C=O) groups excluding carboxylic acids is 1. The largest absolute Gasteiger partial charge is 0.478 e. The normalized spacial score (nSPS) is 11.0. The number of carboxylic acids is 1. The minimum atomic E-state index is -1.03. The summed E-state index contributed by atoms with van der Waals surface area (Å²) in [5.41, 5.74) is 3.10. The van der Waals surface area contributed by atoms with Crippen LogP contribution in [0.4, 0.5) is 5.69 Å². The lowest BCUT2D eigenvalue weighted by molar-refractivity contribution is -0.112. The first-order valence-corrected chi connectivity index (χ1v) is 8.81. The van der Waals surface area contributed by atoms with Crippen LogP contribution in [-0.2, 0) is 4.79 Å². The molecule has 0 aliphatic carbocycles. The van der Waals surface area contributed by atoms with Crippen LogP contribution in [0, 0.1) is 25.2 Å². The highest BCUT2D eigenvalue weighted by Gasteiger charge is 2.14. The Labute approximate surface area is 167 Å². The third-order valence-electron chi connectivity index (χ3n) is 4.30. The van der Waals surface area contributed by atoms with E-state index in [2.05, 4.69) is 5.32 Å². The van der Waals surface area contributed by atoms with E-state index in [4.69, 9.17) is 4.42 Å². The van der Waals surface area contributed by atoms with Crippen molar-refractivity contribution in [3.05, 3.63) is 82.6 Å². The average Bonchev–Trinajstić information content (AvgIpc) is 3.14. The van der Waals surface area contributed by atoms with Crippen molar-refractivity contribution < 1.29 is 19.1 Å². The predicted molar refractivity (Wildman–Crippen MR) is 109 cm³/mol. The van der Waals surface area contributed by atoms with Gasteiger partial charge in [-0.2, -0.15) is 5.26 Å². The van der Waals surface area contributed by atoms with E-state index in [1.807, 2.05) is 32.0 Å². The van der Waals surface area contributed by atoms with Gasteiger partial charge in [0.05, 0.1) is 5.56 Å². The molecule has 1 amide bonds. The van der Waals surface area contributed by atoms with E-state index in [-0.39, 0.29) is 11.1 Å². The number of hydrogen-bond donors (Lipinski definition) is 2. The SMILES string of the molecule is Cc1cccc(NC(=O)/C(C#N)=C\c2ccc(-c3cc(C(=O)O)ccc3C)o2)c1. The van der Waals surface area contributed by atoms with Gasteiger partial charge in [-0.3, -0.25) is 4.79 Å². The van der Waals surface area contributed by atoms with Crippen LogP contribution in [-0.4, -0.2) is 17.0 Å². The van der Waals surface area contributed by atoms with Gasteiger partial charge in [-0.05, 0) is 61.4 Å². The van der Waals surface area contributed by atoms with Crippen LogP contribution in [0.25, 0.3) is 17.4 Å². The van der Waals surface area contributed by atoms with Crippen LogP contribution in [0.1, 0.15) is 27.2 Å². The number of furan rings is 1. The lowest BCUT2D eigenvalue weighted by Crippen LogP contribution is -2.13. The molecule has 0 atom stereocenters. The van der Waals surface area contributed by atoms with Crippen molar-refractivity contribution in [1.29, 1.82) is 5.26 Å². The van der Waals surface area contributed by atoms with Gasteiger partial charge in [0.2, 0.25) is 0 Å². The Morgan fingerprint density at radius 2 is 1.90 bits per heavy atom. The van der Waals surface area contributed by atoms with Gasteiger partial charge in [-0.25, -0.2) is 4.79 Å². The number of anilines is 1. The Kier molecular flexibility index (Phi) is 5.61. The smallest absolute Gasteiger partial charge is 0.335 e. The molecule has 1 aromatic heterocycles. The molecule has 0 saturated heterocycles. The first-order valence-electron chi connectivity index (χ1n) is 8.81. The van der Waals surface area contributed by atoms with Gasteiger partial charge in [0.1, 0.15) is 23.2 Å². The lowest BCUT2D eigenvalue weighted by Gasteiger charge is -2.05. The summed E-state index contributed by atoms with van der Waals surface area (Å²) in [7, 11) is 0. The van der Waals surface area contributed by atoms with Gasteiger partial charge in [0, 0.05) is 17.3 Å². The molecule has 0 radical (unpaired) electrons. The standard InChI is InChI=1S/C23H18N2O4/c1-14-4-3-5-18(10-14)25-22(26)17(13-24)11-19-8-9-21(29-19)20-12-16(23(27)28)7-6-15(20)2/h3-12H,1-2H3,(H,25,26)(H,27,28)/b17-11-. The van der Waals surface area contributed by atoms with Gasteiger partial charge in [-0.1, -0.05) is 18.2 Å². The van der Waals surface area contributed by atoms with Crippen molar-refractivity contribution in [2.45, 2.75) is 13.8 Å². The number of benzene rings is 2. The molecule has 0 spiro atoms. The maximum Gasteiger partial charge on any atom is 0.335 e.